The predicted molar refractivity (Wildman–Crippen MR) is 124 cm³/mol. The normalized spacial score (nSPS) is 10.7. The minimum Gasteiger partial charge on any atom is -0.497 e. The van der Waals surface area contributed by atoms with Crippen LogP contribution in [-0.4, -0.2) is 29.1 Å². The molecule has 0 spiro atoms. The number of halogens is 2. The van der Waals surface area contributed by atoms with Gasteiger partial charge in [-0.25, -0.2) is 19.3 Å². The van der Waals surface area contributed by atoms with Crippen molar-refractivity contribution in [2.75, 3.05) is 24.4 Å². The number of benzene rings is 2. The van der Waals surface area contributed by atoms with Crippen molar-refractivity contribution < 1.29 is 9.13 Å². The summed E-state index contributed by atoms with van der Waals surface area (Å²) in [6.45, 7) is 1.93. The van der Waals surface area contributed by atoms with E-state index >= 15 is 0 Å². The van der Waals surface area contributed by atoms with Crippen molar-refractivity contribution >= 4 is 45.4 Å². The van der Waals surface area contributed by atoms with Crippen LogP contribution >= 0.6 is 22.9 Å². The molecule has 2 heterocycles. The highest BCUT2D eigenvalue weighted by Gasteiger charge is 2.16. The van der Waals surface area contributed by atoms with E-state index in [0.717, 1.165) is 38.5 Å². The van der Waals surface area contributed by atoms with Crippen LogP contribution in [0.1, 0.15) is 5.69 Å². The highest BCUT2D eigenvalue weighted by atomic mass is 35.5. The maximum Gasteiger partial charge on any atom is 0.227 e. The molecule has 158 valence electrons. The van der Waals surface area contributed by atoms with Gasteiger partial charge in [-0.15, -0.1) is 0 Å². The highest BCUT2D eigenvalue weighted by Crippen LogP contribution is 2.37. The lowest BCUT2D eigenvalue weighted by atomic mass is 10.3. The van der Waals surface area contributed by atoms with Crippen molar-refractivity contribution in [1.82, 2.24) is 15.0 Å². The molecule has 0 aliphatic heterocycles. The summed E-state index contributed by atoms with van der Waals surface area (Å²) in [5, 5.41) is 4.01. The van der Waals surface area contributed by atoms with E-state index in [-0.39, 0.29) is 5.02 Å². The van der Waals surface area contributed by atoms with E-state index in [9.17, 15) is 4.39 Å². The molecular formula is C22H19ClFN5OS. The summed E-state index contributed by atoms with van der Waals surface area (Å²) in [4.78, 5) is 16.4. The number of ether oxygens (including phenoxy) is 1. The van der Waals surface area contributed by atoms with Crippen molar-refractivity contribution in [2.45, 2.75) is 6.92 Å². The third kappa shape index (κ3) is 4.60. The standard InChI is InChI=1S/C22H19ClFN5OS/c1-13-20(31-22(26-13)29(2)15-7-8-18(24)17(23)12-15)19-9-10-25-21(28-19)27-14-5-4-6-16(11-14)30-3/h4-12H,1-3H3,(H,25,27,28). The Kier molecular flexibility index (Phi) is 6.01. The third-order valence-corrected chi connectivity index (χ3v) is 6.12. The zero-order valence-electron chi connectivity index (χ0n) is 17.1. The van der Waals surface area contributed by atoms with Crippen molar-refractivity contribution in [2.24, 2.45) is 0 Å². The van der Waals surface area contributed by atoms with Crippen molar-refractivity contribution in [3.63, 3.8) is 0 Å². The summed E-state index contributed by atoms with van der Waals surface area (Å²) < 4.78 is 18.8. The fourth-order valence-corrected chi connectivity index (χ4v) is 4.14. The molecule has 31 heavy (non-hydrogen) atoms. The van der Waals surface area contributed by atoms with Gasteiger partial charge in [0.15, 0.2) is 5.13 Å². The number of methoxy groups -OCH3 is 1. The molecule has 1 N–H and O–H groups in total. The van der Waals surface area contributed by atoms with Crippen LogP contribution in [0, 0.1) is 12.7 Å². The number of nitrogens with one attached hydrogen (secondary N) is 1. The Morgan fingerprint density at radius 3 is 2.74 bits per heavy atom. The van der Waals surface area contributed by atoms with Crippen LogP contribution in [0.5, 0.6) is 5.75 Å². The molecule has 0 amide bonds. The second kappa shape index (κ2) is 8.87. The summed E-state index contributed by atoms with van der Waals surface area (Å²) in [6, 6.07) is 14.0. The molecule has 2 aromatic carbocycles. The van der Waals surface area contributed by atoms with Gasteiger partial charge in [0.05, 0.1) is 28.4 Å². The summed E-state index contributed by atoms with van der Waals surface area (Å²) in [5.41, 5.74) is 3.17. The Hall–Kier alpha value is -3.23. The number of rotatable bonds is 6. The topological polar surface area (TPSA) is 63.2 Å². The Balaban J connectivity index is 1.61. The summed E-state index contributed by atoms with van der Waals surface area (Å²) in [5.74, 6) is 0.763. The van der Waals surface area contributed by atoms with E-state index in [4.69, 9.17) is 16.3 Å². The van der Waals surface area contributed by atoms with Gasteiger partial charge in [-0.05, 0) is 43.3 Å². The summed E-state index contributed by atoms with van der Waals surface area (Å²) >= 11 is 7.42. The zero-order valence-corrected chi connectivity index (χ0v) is 18.6. The number of thiazole rings is 1. The van der Waals surface area contributed by atoms with E-state index in [0.29, 0.717) is 5.95 Å². The summed E-state index contributed by atoms with van der Waals surface area (Å²) in [7, 11) is 3.48. The van der Waals surface area contributed by atoms with E-state index in [1.54, 1.807) is 25.4 Å². The van der Waals surface area contributed by atoms with Gasteiger partial charge in [0.25, 0.3) is 0 Å². The first-order valence-corrected chi connectivity index (χ1v) is 10.5. The first-order valence-electron chi connectivity index (χ1n) is 9.35. The molecule has 4 rings (SSSR count). The van der Waals surface area contributed by atoms with E-state index in [2.05, 4.69) is 20.3 Å². The van der Waals surface area contributed by atoms with Crippen LogP contribution in [0.25, 0.3) is 10.6 Å². The van der Waals surface area contributed by atoms with Crippen LogP contribution < -0.4 is 15.0 Å². The summed E-state index contributed by atoms with van der Waals surface area (Å²) in [6.07, 6.45) is 1.70. The smallest absolute Gasteiger partial charge is 0.227 e. The van der Waals surface area contributed by atoms with Gasteiger partial charge in [-0.3, -0.25) is 0 Å². The maximum absolute atomic E-state index is 13.5. The number of nitrogens with zero attached hydrogens (tertiary/aromatic N) is 4. The van der Waals surface area contributed by atoms with Gasteiger partial charge >= 0.3 is 0 Å². The third-order valence-electron chi connectivity index (χ3n) is 4.58. The largest absolute Gasteiger partial charge is 0.497 e. The van der Waals surface area contributed by atoms with Gasteiger partial charge in [0.1, 0.15) is 11.6 Å². The van der Waals surface area contributed by atoms with Gasteiger partial charge in [-0.2, -0.15) is 0 Å². The van der Waals surface area contributed by atoms with Gasteiger partial charge in [0.2, 0.25) is 5.95 Å². The Bertz CT molecular complexity index is 1230. The average Bonchev–Trinajstić information content (AvgIpc) is 3.17. The fourth-order valence-electron chi connectivity index (χ4n) is 2.94. The van der Waals surface area contributed by atoms with E-state index < -0.39 is 5.82 Å². The molecule has 4 aromatic rings. The van der Waals surface area contributed by atoms with Crippen LogP contribution in [-0.2, 0) is 0 Å². The number of aromatic nitrogens is 3. The van der Waals surface area contributed by atoms with Crippen LogP contribution in [0.2, 0.25) is 5.02 Å². The van der Waals surface area contributed by atoms with E-state index in [1.165, 1.54) is 17.4 Å². The molecule has 0 bridgehead atoms. The maximum atomic E-state index is 13.5. The van der Waals surface area contributed by atoms with Gasteiger partial charge in [0, 0.05) is 30.7 Å². The molecule has 0 radical (unpaired) electrons. The molecule has 0 saturated carbocycles. The van der Waals surface area contributed by atoms with Crippen LogP contribution in [0.15, 0.2) is 54.7 Å². The molecule has 0 unspecified atom stereocenters. The molecule has 2 aromatic heterocycles. The monoisotopic (exact) mass is 455 g/mol. The number of hydrogen-bond donors (Lipinski definition) is 1. The molecular weight excluding hydrogens is 437 g/mol. The Labute approximate surface area is 188 Å². The molecule has 0 aliphatic carbocycles. The van der Waals surface area contributed by atoms with Crippen molar-refractivity contribution in [1.29, 1.82) is 0 Å². The van der Waals surface area contributed by atoms with Crippen molar-refractivity contribution in [3.05, 3.63) is 71.3 Å². The first-order chi connectivity index (χ1) is 14.9. The lowest BCUT2D eigenvalue weighted by Gasteiger charge is -2.16. The fraction of sp³-hybridized carbons (Fsp3) is 0.136. The predicted octanol–water partition coefficient (Wildman–Crippen LogP) is 6.22. The quantitative estimate of drug-likeness (QED) is 0.372. The lowest BCUT2D eigenvalue weighted by molar-refractivity contribution is 0.415. The van der Waals surface area contributed by atoms with Crippen molar-refractivity contribution in [3.8, 4) is 16.3 Å². The van der Waals surface area contributed by atoms with Gasteiger partial charge in [-0.1, -0.05) is 29.0 Å². The van der Waals surface area contributed by atoms with Gasteiger partial charge < -0.3 is 15.0 Å². The number of hydrogen-bond acceptors (Lipinski definition) is 7. The molecule has 0 saturated heterocycles. The Morgan fingerprint density at radius 1 is 1.13 bits per heavy atom. The SMILES string of the molecule is COc1cccc(Nc2nccc(-c3sc(N(C)c4ccc(F)c(Cl)c4)nc3C)n2)c1. The molecule has 0 aliphatic rings. The van der Waals surface area contributed by atoms with Crippen LogP contribution in [0.3, 0.4) is 0 Å². The Morgan fingerprint density at radius 2 is 1.97 bits per heavy atom. The van der Waals surface area contributed by atoms with E-state index in [1.807, 2.05) is 49.2 Å². The minimum absolute atomic E-state index is 0.0712. The number of aryl methyl sites for hydroxylation is 1. The second-order valence-electron chi connectivity index (χ2n) is 6.69. The first kappa shape index (κ1) is 21.0. The molecule has 9 heteroatoms. The van der Waals surface area contributed by atoms with Crippen LogP contribution in [0.4, 0.5) is 26.8 Å². The molecule has 0 fully saturated rings. The highest BCUT2D eigenvalue weighted by molar-refractivity contribution is 7.19. The lowest BCUT2D eigenvalue weighted by Crippen LogP contribution is -2.09. The minimum atomic E-state index is -0.452. The number of anilines is 4. The second-order valence-corrected chi connectivity index (χ2v) is 8.08. The molecule has 6 nitrogen and oxygen atoms in total. The zero-order chi connectivity index (χ0) is 22.0. The average molecular weight is 456 g/mol. The molecule has 0 atom stereocenters.